The summed E-state index contributed by atoms with van der Waals surface area (Å²) in [5.74, 6) is 1.50. The molecule has 0 aromatic heterocycles. The van der Waals surface area contributed by atoms with Gasteiger partial charge in [-0.25, -0.2) is 0 Å². The van der Waals surface area contributed by atoms with Crippen LogP contribution in [-0.2, 0) is 6.42 Å². The lowest BCUT2D eigenvalue weighted by Crippen LogP contribution is -2.08. The molecular formula is C40H46. The Morgan fingerprint density at radius 1 is 0.925 bits per heavy atom. The van der Waals surface area contributed by atoms with Crippen LogP contribution in [0.3, 0.4) is 0 Å². The summed E-state index contributed by atoms with van der Waals surface area (Å²) in [7, 11) is 0. The van der Waals surface area contributed by atoms with Crippen molar-refractivity contribution in [2.24, 2.45) is 11.8 Å². The second-order valence-corrected chi connectivity index (χ2v) is 12.5. The maximum atomic E-state index is 4.56. The van der Waals surface area contributed by atoms with Gasteiger partial charge in [0.15, 0.2) is 0 Å². The van der Waals surface area contributed by atoms with Gasteiger partial charge in [-0.1, -0.05) is 104 Å². The summed E-state index contributed by atoms with van der Waals surface area (Å²) in [6, 6.07) is 20.7. The maximum absolute atomic E-state index is 4.56. The fraction of sp³-hybridized carbons (Fsp3) is 0.350. The second-order valence-electron chi connectivity index (χ2n) is 12.5. The summed E-state index contributed by atoms with van der Waals surface area (Å²) < 4.78 is 0. The molecule has 2 unspecified atom stereocenters. The van der Waals surface area contributed by atoms with Crippen molar-refractivity contribution in [2.75, 3.05) is 0 Å². The summed E-state index contributed by atoms with van der Waals surface area (Å²) in [6.45, 7) is 20.6. The van der Waals surface area contributed by atoms with Crippen LogP contribution in [0.4, 0.5) is 0 Å². The molecule has 206 valence electrons. The number of rotatable bonds is 9. The Bertz CT molecular complexity index is 1510. The molecule has 3 aromatic carbocycles. The van der Waals surface area contributed by atoms with Crippen LogP contribution in [-0.4, -0.2) is 0 Å². The van der Waals surface area contributed by atoms with Gasteiger partial charge in [-0.05, 0) is 133 Å². The Morgan fingerprint density at radius 3 is 2.25 bits per heavy atom. The molecule has 0 saturated heterocycles. The topological polar surface area (TPSA) is 0 Å². The zero-order valence-electron chi connectivity index (χ0n) is 25.7. The van der Waals surface area contributed by atoms with Gasteiger partial charge in [-0.15, -0.1) is 0 Å². The number of hydrogen-bond donors (Lipinski definition) is 0. The van der Waals surface area contributed by atoms with Crippen molar-refractivity contribution in [2.45, 2.75) is 80.1 Å². The predicted molar refractivity (Wildman–Crippen MR) is 175 cm³/mol. The van der Waals surface area contributed by atoms with Gasteiger partial charge in [0, 0.05) is 5.92 Å². The summed E-state index contributed by atoms with van der Waals surface area (Å²) >= 11 is 0. The Balaban J connectivity index is 1.49. The zero-order valence-corrected chi connectivity index (χ0v) is 25.7. The van der Waals surface area contributed by atoms with E-state index >= 15 is 0 Å². The lowest BCUT2D eigenvalue weighted by Gasteiger charge is -2.25. The smallest absolute Gasteiger partial charge is 0.00699 e. The first kappa shape index (κ1) is 28.2. The quantitative estimate of drug-likeness (QED) is 0.260. The highest BCUT2D eigenvalue weighted by molar-refractivity contribution is 5.81. The number of aryl methyl sites for hydroxylation is 4. The average Bonchev–Trinajstić information content (AvgIpc) is 3.66. The fourth-order valence-electron chi connectivity index (χ4n) is 6.86. The van der Waals surface area contributed by atoms with Crippen molar-refractivity contribution < 1.29 is 0 Å². The summed E-state index contributed by atoms with van der Waals surface area (Å²) in [5, 5.41) is 0. The van der Waals surface area contributed by atoms with Crippen LogP contribution in [0, 0.1) is 39.5 Å². The Kier molecular flexibility index (Phi) is 8.18. The first-order valence-electron chi connectivity index (χ1n) is 15.2. The van der Waals surface area contributed by atoms with Crippen molar-refractivity contribution in [3.63, 3.8) is 0 Å². The molecule has 3 aromatic rings. The van der Waals surface area contributed by atoms with E-state index in [4.69, 9.17) is 0 Å². The molecule has 0 nitrogen and oxygen atoms in total. The minimum atomic E-state index is 0.302. The lowest BCUT2D eigenvalue weighted by molar-refractivity contribution is 0.895. The summed E-state index contributed by atoms with van der Waals surface area (Å²) in [5.41, 5.74) is 18.2. The van der Waals surface area contributed by atoms with Gasteiger partial charge < -0.3 is 0 Å². The molecule has 40 heavy (non-hydrogen) atoms. The molecule has 0 bridgehead atoms. The molecule has 5 rings (SSSR count). The molecule has 1 fully saturated rings. The monoisotopic (exact) mass is 526 g/mol. The summed E-state index contributed by atoms with van der Waals surface area (Å²) in [4.78, 5) is 0. The first-order valence-corrected chi connectivity index (χ1v) is 15.2. The molecule has 0 N–H and O–H groups in total. The van der Waals surface area contributed by atoms with Gasteiger partial charge in [0.1, 0.15) is 0 Å². The predicted octanol–water partition coefficient (Wildman–Crippen LogP) is 11.0. The van der Waals surface area contributed by atoms with Crippen molar-refractivity contribution >= 4 is 11.1 Å². The van der Waals surface area contributed by atoms with E-state index in [1.807, 2.05) is 0 Å². The number of benzene rings is 3. The van der Waals surface area contributed by atoms with E-state index in [1.165, 1.54) is 79.6 Å². The molecule has 0 aliphatic heterocycles. The van der Waals surface area contributed by atoms with Crippen LogP contribution in [0.2, 0.25) is 0 Å². The molecule has 0 heterocycles. The highest BCUT2D eigenvalue weighted by atomic mass is 14.4. The highest BCUT2D eigenvalue weighted by Crippen LogP contribution is 2.49. The van der Waals surface area contributed by atoms with E-state index in [0.29, 0.717) is 17.8 Å². The molecule has 0 spiro atoms. The van der Waals surface area contributed by atoms with Gasteiger partial charge in [0.25, 0.3) is 0 Å². The standard InChI is InChI=1S/C40H46/c1-25-15-18-35(24-25)30(6)40(34-19-20-34)39-29(5)11-9-14-38(39)32(8)37-13-10-12-36(31(37)7)28(4)16-17-33-22-26(2)21-27(3)23-33/h9-15,18,21-25,32,34H,4,16-17,19-20H2,1-3,5-8H3/b40-30+. The fourth-order valence-corrected chi connectivity index (χ4v) is 6.86. The Hall–Kier alpha value is -3.38. The highest BCUT2D eigenvalue weighted by Gasteiger charge is 2.32. The van der Waals surface area contributed by atoms with Crippen LogP contribution >= 0.6 is 0 Å². The molecule has 2 atom stereocenters. The molecule has 0 radical (unpaired) electrons. The molecular weight excluding hydrogens is 480 g/mol. The number of allylic oxidation sites excluding steroid dienone is 7. The number of hydrogen-bond acceptors (Lipinski definition) is 0. The van der Waals surface area contributed by atoms with Crippen molar-refractivity contribution in [1.29, 1.82) is 0 Å². The van der Waals surface area contributed by atoms with Crippen molar-refractivity contribution in [1.82, 2.24) is 0 Å². The second kappa shape index (κ2) is 11.6. The van der Waals surface area contributed by atoms with Crippen LogP contribution in [0.1, 0.15) is 96.0 Å². The van der Waals surface area contributed by atoms with E-state index in [2.05, 4.69) is 128 Å². The van der Waals surface area contributed by atoms with Crippen LogP contribution in [0.15, 0.2) is 90.6 Å². The summed E-state index contributed by atoms with van der Waals surface area (Å²) in [6.07, 6.45) is 11.7. The van der Waals surface area contributed by atoms with Gasteiger partial charge in [0.05, 0.1) is 0 Å². The zero-order chi connectivity index (χ0) is 28.6. The van der Waals surface area contributed by atoms with E-state index < -0.39 is 0 Å². The van der Waals surface area contributed by atoms with Crippen molar-refractivity contribution in [3.05, 3.63) is 141 Å². The van der Waals surface area contributed by atoms with E-state index in [1.54, 1.807) is 5.57 Å². The van der Waals surface area contributed by atoms with Crippen molar-refractivity contribution in [3.8, 4) is 0 Å². The third-order valence-corrected chi connectivity index (χ3v) is 9.11. The van der Waals surface area contributed by atoms with Gasteiger partial charge in [-0.2, -0.15) is 0 Å². The van der Waals surface area contributed by atoms with Gasteiger partial charge in [0.2, 0.25) is 0 Å². The molecule has 0 heteroatoms. The van der Waals surface area contributed by atoms with E-state index in [9.17, 15) is 0 Å². The first-order chi connectivity index (χ1) is 19.1. The third-order valence-electron chi connectivity index (χ3n) is 9.11. The normalized spacial score (nSPS) is 18.0. The lowest BCUT2D eigenvalue weighted by atomic mass is 9.79. The molecule has 0 amide bonds. The molecule has 2 aliphatic rings. The molecule has 2 aliphatic carbocycles. The van der Waals surface area contributed by atoms with Crippen LogP contribution in [0.25, 0.3) is 11.1 Å². The third kappa shape index (κ3) is 5.87. The van der Waals surface area contributed by atoms with Crippen LogP contribution < -0.4 is 0 Å². The minimum Gasteiger partial charge on any atom is -0.0952 e. The van der Waals surface area contributed by atoms with Crippen LogP contribution in [0.5, 0.6) is 0 Å². The molecule has 1 saturated carbocycles. The van der Waals surface area contributed by atoms with E-state index in [-0.39, 0.29) is 0 Å². The Morgan fingerprint density at radius 2 is 1.60 bits per heavy atom. The maximum Gasteiger partial charge on any atom is 0.00699 e. The average molecular weight is 527 g/mol. The Labute approximate surface area is 243 Å². The largest absolute Gasteiger partial charge is 0.0952 e. The van der Waals surface area contributed by atoms with Gasteiger partial charge in [-0.3, -0.25) is 0 Å². The van der Waals surface area contributed by atoms with Gasteiger partial charge >= 0.3 is 0 Å². The van der Waals surface area contributed by atoms with E-state index in [0.717, 1.165) is 12.8 Å². The minimum absolute atomic E-state index is 0.302. The SMILES string of the molecule is C=C(CCc1cc(C)cc(C)c1)c1cccc(C(C)c2cccc(C)c2/C(=C(\C)C2=CC(C)C=C2)C2CC2)c1C.